The van der Waals surface area contributed by atoms with E-state index in [9.17, 15) is 24.3 Å². The van der Waals surface area contributed by atoms with Crippen molar-refractivity contribution in [1.29, 1.82) is 0 Å². The lowest BCUT2D eigenvalue weighted by atomic mass is 9.73. The Labute approximate surface area is 332 Å². The van der Waals surface area contributed by atoms with Crippen molar-refractivity contribution in [3.8, 4) is 0 Å². The molecule has 0 radical (unpaired) electrons. The molecule has 0 aliphatic carbocycles. The summed E-state index contributed by atoms with van der Waals surface area (Å²) < 4.78 is 48.0. The van der Waals surface area contributed by atoms with Crippen molar-refractivity contribution in [3.05, 3.63) is 30.1 Å². The van der Waals surface area contributed by atoms with Crippen molar-refractivity contribution < 1.29 is 52.4 Å². The molecule has 1 aromatic rings. The van der Waals surface area contributed by atoms with Gasteiger partial charge in [-0.25, -0.2) is 14.0 Å². The number of ketones is 2. The van der Waals surface area contributed by atoms with E-state index in [4.69, 9.17) is 23.7 Å². The molecule has 1 aromatic heterocycles. The maximum absolute atomic E-state index is 16.9. The summed E-state index contributed by atoms with van der Waals surface area (Å²) in [6.07, 6.45) is -0.472. The van der Waals surface area contributed by atoms with Crippen LogP contribution in [0.15, 0.2) is 24.4 Å². The van der Waals surface area contributed by atoms with E-state index in [-0.39, 0.29) is 37.3 Å². The van der Waals surface area contributed by atoms with Gasteiger partial charge in [-0.3, -0.25) is 14.6 Å². The zero-order valence-corrected chi connectivity index (χ0v) is 35.5. The van der Waals surface area contributed by atoms with Gasteiger partial charge in [-0.15, -0.1) is 0 Å². The van der Waals surface area contributed by atoms with E-state index in [1.54, 1.807) is 47.7 Å². The van der Waals surface area contributed by atoms with Gasteiger partial charge in [-0.05, 0) is 98.9 Å². The number of halogens is 1. The molecule has 0 bridgehead atoms. The van der Waals surface area contributed by atoms with Crippen molar-refractivity contribution >= 4 is 23.6 Å². The van der Waals surface area contributed by atoms with Crippen LogP contribution in [-0.2, 0) is 44.5 Å². The lowest BCUT2D eigenvalue weighted by molar-refractivity contribution is -0.354. The summed E-state index contributed by atoms with van der Waals surface area (Å²) in [7, 11) is 3.30. The number of rotatable bonds is 11. The molecule has 0 aromatic carbocycles. The summed E-state index contributed by atoms with van der Waals surface area (Å²) in [6.45, 7) is 17.0. The number of hydrogen-bond donors (Lipinski definition) is 1. The Morgan fingerprint density at radius 2 is 1.71 bits per heavy atom. The van der Waals surface area contributed by atoms with Crippen LogP contribution in [0.25, 0.3) is 0 Å². The molecule has 3 aliphatic rings. The Morgan fingerprint density at radius 1 is 1.04 bits per heavy atom. The minimum absolute atomic E-state index is 0.00193. The third-order valence-electron chi connectivity index (χ3n) is 12.8. The SMILES string of the molecule is CC[C@H]1OC(=O)[C@@](C)(F)C(=O)[C@H](C)[C@@H](O[C@]2(C)O[C@H](C)C[C@H](N(C)CC)[C@H]2O)[C@](C)(OC)C[C@@H](C)C(=O)[C@H](C)[C@H]2N(CCCCc3ccccn3)C(=O)O[C@]12C. The Morgan fingerprint density at radius 3 is 2.30 bits per heavy atom. The van der Waals surface area contributed by atoms with Crippen LogP contribution in [0.5, 0.6) is 0 Å². The van der Waals surface area contributed by atoms with Gasteiger partial charge in [0.1, 0.15) is 18.0 Å². The quantitative estimate of drug-likeness (QED) is 0.172. The van der Waals surface area contributed by atoms with E-state index in [1.165, 1.54) is 18.9 Å². The number of aromatic nitrogens is 1. The third kappa shape index (κ3) is 8.99. The Hall–Kier alpha value is -3.04. The number of cyclic esters (lactones) is 1. The summed E-state index contributed by atoms with van der Waals surface area (Å²) in [5.41, 5.74) is -5.29. The number of methoxy groups -OCH3 is 1. The molecule has 56 heavy (non-hydrogen) atoms. The molecule has 0 unspecified atom stereocenters. The number of aliphatic hydroxyl groups excluding tert-OH is 1. The average Bonchev–Trinajstić information content (AvgIpc) is 3.42. The van der Waals surface area contributed by atoms with E-state index in [2.05, 4.69) is 4.98 Å². The highest BCUT2D eigenvalue weighted by Gasteiger charge is 2.62. The normalized spacial score (nSPS) is 40.3. The number of hydrogen-bond acceptors (Lipinski definition) is 12. The zero-order chi connectivity index (χ0) is 42.0. The molecule has 4 rings (SSSR count). The molecule has 1 N–H and O–H groups in total. The average molecular weight is 792 g/mol. The van der Waals surface area contributed by atoms with E-state index >= 15 is 4.39 Å². The van der Waals surface area contributed by atoms with Crippen LogP contribution in [0.3, 0.4) is 0 Å². The summed E-state index contributed by atoms with van der Waals surface area (Å²) in [5, 5.41) is 11.8. The van der Waals surface area contributed by atoms with Gasteiger partial charge in [0, 0.05) is 49.3 Å². The fraction of sp³-hybridized carbons (Fsp3) is 0.786. The largest absolute Gasteiger partial charge is 0.455 e. The monoisotopic (exact) mass is 791 g/mol. The first-order valence-electron chi connectivity index (χ1n) is 20.3. The van der Waals surface area contributed by atoms with Gasteiger partial charge in [-0.1, -0.05) is 40.7 Å². The highest BCUT2D eigenvalue weighted by atomic mass is 19.1. The topological polar surface area (TPSA) is 154 Å². The maximum Gasteiger partial charge on any atom is 0.410 e. The predicted octanol–water partition coefficient (Wildman–Crippen LogP) is 5.48. The lowest BCUT2D eigenvalue weighted by Gasteiger charge is -2.52. The van der Waals surface area contributed by atoms with Gasteiger partial charge in [0.25, 0.3) is 5.67 Å². The predicted molar refractivity (Wildman–Crippen MR) is 206 cm³/mol. The molecular formula is C42H66FN3O10. The number of carbonyl (C=O) groups is 4. The second kappa shape index (κ2) is 17.8. The van der Waals surface area contributed by atoms with Crippen molar-refractivity contribution in [2.45, 2.75) is 167 Å². The van der Waals surface area contributed by atoms with Crippen LogP contribution in [0, 0.1) is 17.8 Å². The van der Waals surface area contributed by atoms with E-state index in [1.807, 2.05) is 44.0 Å². The third-order valence-corrected chi connectivity index (χ3v) is 12.8. The number of amides is 1. The van der Waals surface area contributed by atoms with Crippen molar-refractivity contribution in [1.82, 2.24) is 14.8 Å². The van der Waals surface area contributed by atoms with Crippen molar-refractivity contribution in [2.75, 3.05) is 27.2 Å². The number of carbonyl (C=O) groups excluding carboxylic acids is 4. The second-order valence-corrected chi connectivity index (χ2v) is 17.0. The molecule has 14 heteroatoms. The fourth-order valence-corrected chi connectivity index (χ4v) is 9.35. The number of pyridine rings is 1. The first-order chi connectivity index (χ1) is 26.1. The van der Waals surface area contributed by atoms with Crippen LogP contribution >= 0.6 is 0 Å². The number of esters is 1. The summed E-state index contributed by atoms with van der Waals surface area (Å²) in [4.78, 5) is 64.6. The molecule has 13 nitrogen and oxygen atoms in total. The zero-order valence-electron chi connectivity index (χ0n) is 35.5. The number of Topliss-reactive ketones (excluding diaryl/α,β-unsaturated/α-hetero) is 2. The van der Waals surface area contributed by atoms with E-state index in [0.717, 1.165) is 12.6 Å². The number of aryl methyl sites for hydroxylation is 1. The molecule has 316 valence electrons. The lowest BCUT2D eigenvalue weighted by Crippen LogP contribution is -2.65. The summed E-state index contributed by atoms with van der Waals surface area (Å²) in [5.74, 6) is -7.45. The van der Waals surface area contributed by atoms with Crippen LogP contribution < -0.4 is 0 Å². The summed E-state index contributed by atoms with van der Waals surface area (Å²) in [6, 6.07) is 4.42. The number of fused-ring (bicyclic) bond motifs is 1. The molecule has 1 amide bonds. The second-order valence-electron chi connectivity index (χ2n) is 17.0. The molecule has 4 heterocycles. The van der Waals surface area contributed by atoms with Gasteiger partial charge in [-0.2, -0.15) is 0 Å². The van der Waals surface area contributed by atoms with Crippen LogP contribution in [0.4, 0.5) is 9.18 Å². The Balaban J connectivity index is 1.77. The van der Waals surface area contributed by atoms with Crippen LogP contribution in [0.2, 0.25) is 0 Å². The Kier molecular flexibility index (Phi) is 14.5. The maximum atomic E-state index is 16.9. The van der Waals surface area contributed by atoms with E-state index < -0.39 is 82.6 Å². The first-order valence-corrected chi connectivity index (χ1v) is 20.3. The van der Waals surface area contributed by atoms with Crippen molar-refractivity contribution in [3.63, 3.8) is 0 Å². The molecule has 13 atom stereocenters. The molecule has 3 fully saturated rings. The van der Waals surface area contributed by atoms with Gasteiger partial charge >= 0.3 is 12.1 Å². The number of ether oxygens (including phenoxy) is 5. The number of aliphatic hydroxyl groups is 1. The van der Waals surface area contributed by atoms with E-state index in [0.29, 0.717) is 32.2 Å². The standard InChI is InChI=1S/C42H66FN3O10/c1-13-31-41(9)33(46(38(51)56-41)22-18-16-20-29-19-15-17-21-44-29)27(5)32(47)25(3)24-39(7,52-12)36(28(6)34(48)40(8,43)37(50)53-31)55-42(10)35(49)30(45(11)14-2)23-26(4)54-42/h15,17,19,21,25-28,30-31,33,35-36,49H,13-14,16,18,20,22-24H2,1-12H3/t25-,26-,27+,28+,30+,31-,33-,35-,36-,39-,40+,41-,42+/m1/s1. The highest BCUT2D eigenvalue weighted by molar-refractivity contribution is 6.08. The minimum atomic E-state index is -3.18. The number of unbranched alkanes of at least 4 members (excludes halogenated alkanes) is 1. The van der Waals surface area contributed by atoms with Crippen molar-refractivity contribution in [2.24, 2.45) is 17.8 Å². The van der Waals surface area contributed by atoms with Gasteiger partial charge in [0.2, 0.25) is 0 Å². The smallest absolute Gasteiger partial charge is 0.410 e. The van der Waals surface area contributed by atoms with Crippen LogP contribution in [-0.4, -0.2) is 130 Å². The molecular weight excluding hydrogens is 725 g/mol. The van der Waals surface area contributed by atoms with Gasteiger partial charge in [0.05, 0.1) is 23.9 Å². The fourth-order valence-electron chi connectivity index (χ4n) is 9.35. The summed E-state index contributed by atoms with van der Waals surface area (Å²) >= 11 is 0. The number of likely N-dealkylation sites (N-methyl/N-ethyl adjacent to an activating group) is 1. The molecule has 3 saturated heterocycles. The van der Waals surface area contributed by atoms with Gasteiger partial charge < -0.3 is 38.6 Å². The van der Waals surface area contributed by atoms with Crippen LogP contribution in [0.1, 0.15) is 107 Å². The van der Waals surface area contributed by atoms with Gasteiger partial charge in [0.15, 0.2) is 17.2 Å². The molecule has 0 saturated carbocycles. The minimum Gasteiger partial charge on any atom is -0.455 e. The number of alkyl halides is 1. The first kappa shape index (κ1) is 45.7. The number of nitrogens with zero attached hydrogens (tertiary/aromatic N) is 3. The highest BCUT2D eigenvalue weighted by Crippen LogP contribution is 2.45. The Bertz CT molecular complexity index is 1550. The molecule has 3 aliphatic heterocycles. The molecule has 0 spiro atoms.